The maximum Gasteiger partial charge on any atom is 0.0461 e. The van der Waals surface area contributed by atoms with Gasteiger partial charge in [0.15, 0.2) is 0 Å². The Morgan fingerprint density at radius 1 is 0.897 bits per heavy atom. The normalized spacial score (nSPS) is 11.5. The zero-order valence-electron chi connectivity index (χ0n) is 21.0. The topological polar surface area (TPSA) is 3.24 Å². The number of rotatable bonds is 6. The molecule has 1 aromatic carbocycles. The third-order valence-corrected chi connectivity index (χ3v) is 3.63. The van der Waals surface area contributed by atoms with Crippen molar-refractivity contribution in [2.75, 3.05) is 4.90 Å². The fourth-order valence-electron chi connectivity index (χ4n) is 2.26. The molecule has 2 rings (SSSR count). The molecule has 0 N–H and O–H groups in total. The van der Waals surface area contributed by atoms with Crippen molar-refractivity contribution in [3.63, 3.8) is 0 Å². The van der Waals surface area contributed by atoms with Gasteiger partial charge in [-0.1, -0.05) is 118 Å². The van der Waals surface area contributed by atoms with Gasteiger partial charge in [0.05, 0.1) is 0 Å². The van der Waals surface area contributed by atoms with Gasteiger partial charge in [0.2, 0.25) is 0 Å². The molecule has 0 saturated heterocycles. The maximum absolute atomic E-state index is 3.96. The minimum atomic E-state index is 1.00. The summed E-state index contributed by atoms with van der Waals surface area (Å²) >= 11 is 0. The number of hydrogen-bond acceptors (Lipinski definition) is 1. The second-order valence-corrected chi connectivity index (χ2v) is 5.52. The van der Waals surface area contributed by atoms with Crippen molar-refractivity contribution >= 4 is 5.69 Å². The fourth-order valence-corrected chi connectivity index (χ4v) is 2.26. The summed E-state index contributed by atoms with van der Waals surface area (Å²) in [7, 11) is 0. The molecule has 0 bridgehead atoms. The average Bonchev–Trinajstić information content (AvgIpc) is 2.84. The first-order valence-corrected chi connectivity index (χ1v) is 11.8. The Kier molecular flexibility index (Phi) is 28.4. The molecule has 29 heavy (non-hydrogen) atoms. The van der Waals surface area contributed by atoms with Crippen LogP contribution in [0.4, 0.5) is 5.69 Å². The van der Waals surface area contributed by atoms with Crippen LogP contribution in [0.25, 0.3) is 0 Å². The van der Waals surface area contributed by atoms with E-state index >= 15 is 0 Å². The van der Waals surface area contributed by atoms with E-state index in [0.717, 1.165) is 25.0 Å². The Labute approximate surface area is 183 Å². The molecule has 0 spiro atoms. The second-order valence-electron chi connectivity index (χ2n) is 5.52. The predicted octanol–water partition coefficient (Wildman–Crippen LogP) is 10.1. The Balaban J connectivity index is -0.000000580. The number of unbranched alkanes of at least 4 members (excludes halogenated alkanes) is 1. The molecule has 1 nitrogen and oxygen atoms in total. The number of nitrogens with zero attached hydrogens (tertiary/aromatic N) is 1. The maximum atomic E-state index is 3.96. The van der Waals surface area contributed by atoms with Crippen LogP contribution in [0.3, 0.4) is 0 Å². The highest BCUT2D eigenvalue weighted by atomic mass is 15.1. The molecule has 0 unspecified atom stereocenters. The van der Waals surface area contributed by atoms with Crippen LogP contribution in [0.1, 0.15) is 94.4 Å². The van der Waals surface area contributed by atoms with E-state index in [2.05, 4.69) is 80.8 Å². The zero-order chi connectivity index (χ0) is 22.9. The number of hydrogen-bond donors (Lipinski definition) is 0. The highest BCUT2D eigenvalue weighted by molar-refractivity contribution is 5.62. The summed E-state index contributed by atoms with van der Waals surface area (Å²) in [5, 5.41) is 0. The standard InChI is InChI=1S/C18H21N.C4H10.3C2H6/c1-3-11-16(4-2)19(17-12-7-5-8-13-17)18-14-9-6-10-15-18;1-3-4-2;3*1-2/h4-5,7-9,11-15H,2-3,6,10H2,1H3;3-4H2,1-2H3;3*1-2H3/b16-11+;;;;. The van der Waals surface area contributed by atoms with Crippen molar-refractivity contribution in [1.29, 1.82) is 0 Å². The molecule has 0 saturated carbocycles. The Hall–Kier alpha value is -2.02. The van der Waals surface area contributed by atoms with Crippen LogP contribution in [0.2, 0.25) is 0 Å². The molecule has 1 heteroatoms. The van der Waals surface area contributed by atoms with Crippen LogP contribution in [0.5, 0.6) is 0 Å². The number of allylic oxidation sites excluding steroid dienone is 5. The third-order valence-electron chi connectivity index (χ3n) is 3.63. The lowest BCUT2D eigenvalue weighted by atomic mass is 10.1. The van der Waals surface area contributed by atoms with Crippen molar-refractivity contribution in [2.24, 2.45) is 0 Å². The van der Waals surface area contributed by atoms with Gasteiger partial charge in [-0.3, -0.25) is 0 Å². The van der Waals surface area contributed by atoms with E-state index in [0.29, 0.717) is 0 Å². The summed E-state index contributed by atoms with van der Waals surface area (Å²) in [5.74, 6) is 0. The average molecular weight is 400 g/mol. The van der Waals surface area contributed by atoms with Crippen LogP contribution in [0, 0.1) is 0 Å². The van der Waals surface area contributed by atoms with Gasteiger partial charge in [-0.2, -0.15) is 0 Å². The van der Waals surface area contributed by atoms with Gasteiger partial charge in [0, 0.05) is 17.1 Å². The van der Waals surface area contributed by atoms with Crippen molar-refractivity contribution in [1.82, 2.24) is 0 Å². The Bertz CT molecular complexity index is 525. The van der Waals surface area contributed by atoms with Crippen LogP contribution in [-0.4, -0.2) is 0 Å². The summed E-state index contributed by atoms with van der Waals surface area (Å²) in [6.07, 6.45) is 16.7. The molecule has 0 atom stereocenters. The molecule has 0 aromatic heterocycles. The van der Waals surface area contributed by atoms with E-state index in [9.17, 15) is 0 Å². The first kappa shape index (κ1) is 31.7. The van der Waals surface area contributed by atoms with Crippen LogP contribution in [0.15, 0.2) is 78.7 Å². The lowest BCUT2D eigenvalue weighted by Gasteiger charge is -2.28. The van der Waals surface area contributed by atoms with Gasteiger partial charge in [-0.25, -0.2) is 0 Å². The first-order chi connectivity index (χ1) is 14.3. The zero-order valence-corrected chi connectivity index (χ0v) is 21.0. The quantitative estimate of drug-likeness (QED) is 0.430. The molecule has 0 heterocycles. The molecule has 0 fully saturated rings. The summed E-state index contributed by atoms with van der Waals surface area (Å²) in [5.41, 5.74) is 3.56. The molecule has 0 radical (unpaired) electrons. The summed E-state index contributed by atoms with van der Waals surface area (Å²) in [4.78, 5) is 2.27. The van der Waals surface area contributed by atoms with Crippen molar-refractivity contribution in [3.05, 3.63) is 78.7 Å². The van der Waals surface area contributed by atoms with Gasteiger partial charge in [-0.15, -0.1) is 0 Å². The molecule has 1 aliphatic carbocycles. The minimum absolute atomic E-state index is 1.00. The van der Waals surface area contributed by atoms with E-state index < -0.39 is 0 Å². The van der Waals surface area contributed by atoms with Gasteiger partial charge < -0.3 is 4.90 Å². The number of anilines is 1. The number of benzene rings is 1. The molecular formula is C28H49N. The summed E-state index contributed by atoms with van der Waals surface area (Å²) < 4.78 is 0. The number of para-hydroxylation sites is 1. The van der Waals surface area contributed by atoms with Crippen molar-refractivity contribution in [2.45, 2.75) is 94.4 Å². The molecule has 0 aliphatic heterocycles. The van der Waals surface area contributed by atoms with Crippen LogP contribution < -0.4 is 4.90 Å². The van der Waals surface area contributed by atoms with Crippen molar-refractivity contribution in [3.8, 4) is 0 Å². The minimum Gasteiger partial charge on any atom is -0.311 e. The van der Waals surface area contributed by atoms with E-state index in [-0.39, 0.29) is 0 Å². The fraction of sp³-hybridized carbons (Fsp3) is 0.500. The van der Waals surface area contributed by atoms with E-state index in [4.69, 9.17) is 0 Å². The lowest BCUT2D eigenvalue weighted by molar-refractivity contribution is 0.886. The molecular weight excluding hydrogens is 350 g/mol. The Morgan fingerprint density at radius 2 is 1.45 bits per heavy atom. The largest absolute Gasteiger partial charge is 0.311 e. The van der Waals surface area contributed by atoms with Crippen LogP contribution >= 0.6 is 0 Å². The van der Waals surface area contributed by atoms with Gasteiger partial charge in [0.1, 0.15) is 0 Å². The van der Waals surface area contributed by atoms with Gasteiger partial charge in [-0.05, 0) is 43.5 Å². The SMILES string of the molecule is C=C/C(=C\CC)N(C1=CCCC=C1)c1ccccc1.CC.CC.CC.CCCC. The van der Waals surface area contributed by atoms with E-state index in [1.165, 1.54) is 24.2 Å². The van der Waals surface area contributed by atoms with E-state index in [1.807, 2.05) is 53.7 Å². The predicted molar refractivity (Wildman–Crippen MR) is 139 cm³/mol. The lowest BCUT2D eigenvalue weighted by Crippen LogP contribution is -2.20. The van der Waals surface area contributed by atoms with E-state index in [1.54, 1.807) is 0 Å². The molecule has 1 aliphatic rings. The van der Waals surface area contributed by atoms with Gasteiger partial charge >= 0.3 is 0 Å². The Morgan fingerprint density at radius 3 is 1.83 bits per heavy atom. The molecule has 166 valence electrons. The molecule has 1 aromatic rings. The first-order valence-electron chi connectivity index (χ1n) is 11.8. The highest BCUT2D eigenvalue weighted by Crippen LogP contribution is 2.27. The highest BCUT2D eigenvalue weighted by Gasteiger charge is 2.13. The molecule has 0 amide bonds. The summed E-state index contributed by atoms with van der Waals surface area (Å²) in [6.45, 7) is 22.5. The van der Waals surface area contributed by atoms with Crippen molar-refractivity contribution < 1.29 is 0 Å². The monoisotopic (exact) mass is 399 g/mol. The van der Waals surface area contributed by atoms with Crippen LogP contribution in [-0.2, 0) is 0 Å². The summed E-state index contributed by atoms with van der Waals surface area (Å²) in [6, 6.07) is 10.5. The third kappa shape index (κ3) is 14.6. The van der Waals surface area contributed by atoms with Gasteiger partial charge in [0.25, 0.3) is 0 Å². The second kappa shape index (κ2) is 26.0. The smallest absolute Gasteiger partial charge is 0.0461 e.